The lowest BCUT2D eigenvalue weighted by molar-refractivity contribution is 0.598. The van der Waals surface area contributed by atoms with E-state index < -0.39 is 10.0 Å². The van der Waals surface area contributed by atoms with Crippen molar-refractivity contribution in [1.82, 2.24) is 9.55 Å². The first-order valence-electron chi connectivity index (χ1n) is 7.03. The third-order valence-electron chi connectivity index (χ3n) is 3.29. The molecule has 8 heteroatoms. The Balaban J connectivity index is 1.64. The molecule has 0 saturated heterocycles. The molecule has 1 aromatic heterocycles. The Hall–Kier alpha value is -2.97. The normalized spacial score (nSPS) is 11.7. The summed E-state index contributed by atoms with van der Waals surface area (Å²) in [5, 5.41) is 9.17. The number of nitrogens with two attached hydrogens (primary N) is 1. The molecule has 1 heterocycles. The van der Waals surface area contributed by atoms with E-state index in [1.165, 1.54) is 12.1 Å². The van der Waals surface area contributed by atoms with E-state index in [1.54, 1.807) is 30.9 Å². The molecule has 0 fully saturated rings. The molecule has 0 bridgehead atoms. The minimum atomic E-state index is -3.68. The van der Waals surface area contributed by atoms with Crippen molar-refractivity contribution in [2.24, 2.45) is 10.2 Å². The molecule has 3 rings (SSSR count). The molecule has 0 aliphatic heterocycles. The predicted octanol–water partition coefficient (Wildman–Crippen LogP) is 1.97. The third kappa shape index (κ3) is 3.86. The SMILES string of the molecule is NS(=O)(=O)c1ccc(N/N=C/c2ccc(-n3ccnc3)cc2)cc1. The van der Waals surface area contributed by atoms with E-state index >= 15 is 0 Å². The van der Waals surface area contributed by atoms with Gasteiger partial charge in [0.05, 0.1) is 23.1 Å². The number of nitrogens with one attached hydrogen (secondary N) is 1. The van der Waals surface area contributed by atoms with Gasteiger partial charge in [-0.25, -0.2) is 18.5 Å². The Kier molecular flexibility index (Phi) is 4.41. The molecule has 122 valence electrons. The van der Waals surface area contributed by atoms with Crippen LogP contribution in [0.1, 0.15) is 5.56 Å². The van der Waals surface area contributed by atoms with Crippen molar-refractivity contribution in [1.29, 1.82) is 0 Å². The maximum Gasteiger partial charge on any atom is 0.238 e. The fourth-order valence-electron chi connectivity index (χ4n) is 2.04. The molecule has 0 spiro atoms. The number of hydrogen-bond donors (Lipinski definition) is 2. The summed E-state index contributed by atoms with van der Waals surface area (Å²) in [6.45, 7) is 0. The number of nitrogens with zero attached hydrogens (tertiary/aromatic N) is 3. The Morgan fingerprint density at radius 3 is 2.38 bits per heavy atom. The quantitative estimate of drug-likeness (QED) is 0.547. The first-order chi connectivity index (χ1) is 11.5. The summed E-state index contributed by atoms with van der Waals surface area (Å²) >= 11 is 0. The van der Waals surface area contributed by atoms with E-state index in [1.807, 2.05) is 35.0 Å². The summed E-state index contributed by atoms with van der Waals surface area (Å²) in [4.78, 5) is 4.07. The van der Waals surface area contributed by atoms with Gasteiger partial charge >= 0.3 is 0 Å². The first kappa shape index (κ1) is 15.9. The Morgan fingerprint density at radius 1 is 1.08 bits per heavy atom. The van der Waals surface area contributed by atoms with Gasteiger partial charge in [-0.15, -0.1) is 0 Å². The van der Waals surface area contributed by atoms with Gasteiger partial charge in [-0.05, 0) is 42.0 Å². The van der Waals surface area contributed by atoms with Crippen molar-refractivity contribution >= 4 is 21.9 Å². The molecule has 0 amide bonds. The van der Waals surface area contributed by atoms with Crippen LogP contribution in [0.3, 0.4) is 0 Å². The second-order valence-electron chi connectivity index (χ2n) is 5.00. The Bertz CT molecular complexity index is 931. The highest BCUT2D eigenvalue weighted by Crippen LogP contribution is 2.13. The number of rotatable bonds is 5. The van der Waals surface area contributed by atoms with E-state index in [0.29, 0.717) is 5.69 Å². The first-order valence-corrected chi connectivity index (χ1v) is 8.57. The van der Waals surface area contributed by atoms with Crippen LogP contribution < -0.4 is 10.6 Å². The van der Waals surface area contributed by atoms with Crippen LogP contribution in [0.15, 0.2) is 77.2 Å². The zero-order valence-corrected chi connectivity index (χ0v) is 13.4. The number of hydrazone groups is 1. The van der Waals surface area contributed by atoms with Crippen molar-refractivity contribution in [3.05, 3.63) is 72.8 Å². The second kappa shape index (κ2) is 6.65. The number of aromatic nitrogens is 2. The highest BCUT2D eigenvalue weighted by Gasteiger charge is 2.06. The lowest BCUT2D eigenvalue weighted by Crippen LogP contribution is -2.11. The van der Waals surface area contributed by atoms with Crippen molar-refractivity contribution in [3.63, 3.8) is 0 Å². The van der Waals surface area contributed by atoms with Gasteiger partial charge in [-0.2, -0.15) is 5.10 Å². The lowest BCUT2D eigenvalue weighted by Gasteiger charge is -2.03. The molecular weight excluding hydrogens is 326 g/mol. The molecule has 3 aromatic rings. The zero-order chi connectivity index (χ0) is 17.0. The topological polar surface area (TPSA) is 102 Å². The summed E-state index contributed by atoms with van der Waals surface area (Å²) in [6, 6.07) is 13.8. The molecule has 2 aromatic carbocycles. The van der Waals surface area contributed by atoms with Gasteiger partial charge in [-0.3, -0.25) is 5.43 Å². The number of hydrogen-bond acceptors (Lipinski definition) is 5. The number of primary sulfonamides is 1. The summed E-state index contributed by atoms with van der Waals surface area (Å²) in [6.07, 6.45) is 7.00. The van der Waals surface area contributed by atoms with Crippen LogP contribution in [0.25, 0.3) is 5.69 Å². The van der Waals surface area contributed by atoms with Gasteiger partial charge in [-0.1, -0.05) is 12.1 Å². The highest BCUT2D eigenvalue weighted by molar-refractivity contribution is 7.89. The fourth-order valence-corrected chi connectivity index (χ4v) is 2.56. The van der Waals surface area contributed by atoms with Crippen LogP contribution >= 0.6 is 0 Å². The van der Waals surface area contributed by atoms with E-state index in [4.69, 9.17) is 5.14 Å². The zero-order valence-electron chi connectivity index (χ0n) is 12.6. The average molecular weight is 341 g/mol. The van der Waals surface area contributed by atoms with Crippen LogP contribution in [0, 0.1) is 0 Å². The summed E-state index contributed by atoms with van der Waals surface area (Å²) in [7, 11) is -3.68. The molecule has 0 radical (unpaired) electrons. The fraction of sp³-hybridized carbons (Fsp3) is 0. The van der Waals surface area contributed by atoms with Crippen molar-refractivity contribution < 1.29 is 8.42 Å². The van der Waals surface area contributed by atoms with Crippen molar-refractivity contribution in [2.45, 2.75) is 4.90 Å². The second-order valence-corrected chi connectivity index (χ2v) is 6.56. The molecule has 0 unspecified atom stereocenters. The third-order valence-corrected chi connectivity index (χ3v) is 4.21. The Morgan fingerprint density at radius 2 is 1.79 bits per heavy atom. The largest absolute Gasteiger partial charge is 0.306 e. The van der Waals surface area contributed by atoms with Gasteiger partial charge in [0.15, 0.2) is 0 Å². The van der Waals surface area contributed by atoms with Gasteiger partial charge < -0.3 is 4.57 Å². The summed E-state index contributed by atoms with van der Waals surface area (Å²) in [5.74, 6) is 0. The lowest BCUT2D eigenvalue weighted by atomic mass is 10.2. The Labute approximate surface area is 139 Å². The van der Waals surface area contributed by atoms with E-state index in [2.05, 4.69) is 15.5 Å². The predicted molar refractivity (Wildman–Crippen MR) is 92.6 cm³/mol. The van der Waals surface area contributed by atoms with Crippen molar-refractivity contribution in [3.8, 4) is 5.69 Å². The van der Waals surface area contributed by atoms with E-state index in [9.17, 15) is 8.42 Å². The molecule has 3 N–H and O–H groups in total. The highest BCUT2D eigenvalue weighted by atomic mass is 32.2. The molecular formula is C16H15N5O2S. The van der Waals surface area contributed by atoms with E-state index in [-0.39, 0.29) is 4.90 Å². The van der Waals surface area contributed by atoms with Crippen LogP contribution in [-0.4, -0.2) is 24.2 Å². The average Bonchev–Trinajstić information content (AvgIpc) is 3.10. The minimum absolute atomic E-state index is 0.0621. The molecule has 7 nitrogen and oxygen atoms in total. The van der Waals surface area contributed by atoms with E-state index in [0.717, 1.165) is 11.3 Å². The minimum Gasteiger partial charge on any atom is -0.306 e. The number of benzene rings is 2. The summed E-state index contributed by atoms with van der Waals surface area (Å²) < 4.78 is 24.3. The van der Waals surface area contributed by atoms with Crippen LogP contribution in [0.5, 0.6) is 0 Å². The van der Waals surface area contributed by atoms with Crippen LogP contribution in [0.2, 0.25) is 0 Å². The molecule has 0 aliphatic rings. The summed E-state index contributed by atoms with van der Waals surface area (Å²) in [5.41, 5.74) is 5.43. The molecule has 0 aliphatic carbocycles. The van der Waals surface area contributed by atoms with Gasteiger partial charge in [0.25, 0.3) is 0 Å². The van der Waals surface area contributed by atoms with Gasteiger partial charge in [0, 0.05) is 18.1 Å². The van der Waals surface area contributed by atoms with Crippen molar-refractivity contribution in [2.75, 3.05) is 5.43 Å². The maximum absolute atomic E-state index is 11.2. The molecule has 0 saturated carbocycles. The standard InChI is InChI=1S/C16H15N5O2S/c17-24(22,23)16-7-3-14(4-8-16)20-19-11-13-1-5-15(6-2-13)21-10-9-18-12-21/h1-12,20H,(H2,17,22,23)/b19-11+. The molecule has 24 heavy (non-hydrogen) atoms. The van der Waals surface area contributed by atoms with Gasteiger partial charge in [0.2, 0.25) is 10.0 Å². The monoisotopic (exact) mass is 341 g/mol. The van der Waals surface area contributed by atoms with Crippen LogP contribution in [-0.2, 0) is 10.0 Å². The number of sulfonamides is 1. The number of anilines is 1. The maximum atomic E-state index is 11.2. The van der Waals surface area contributed by atoms with Crippen LogP contribution in [0.4, 0.5) is 5.69 Å². The number of imidazole rings is 1. The smallest absolute Gasteiger partial charge is 0.238 e. The molecule has 0 atom stereocenters. The van der Waals surface area contributed by atoms with Gasteiger partial charge in [0.1, 0.15) is 0 Å².